The van der Waals surface area contributed by atoms with Crippen molar-refractivity contribution in [2.24, 2.45) is 17.1 Å². The van der Waals surface area contributed by atoms with Crippen LogP contribution < -0.4 is 10.6 Å². The molecule has 1 aromatic heterocycles. The predicted octanol–water partition coefficient (Wildman–Crippen LogP) is 0.756. The molecule has 2 saturated heterocycles. The average molecular weight is 399 g/mol. The van der Waals surface area contributed by atoms with E-state index in [4.69, 9.17) is 5.73 Å². The summed E-state index contributed by atoms with van der Waals surface area (Å²) in [6.07, 6.45) is 0.656. The second kappa shape index (κ2) is 6.97. The number of carbonyl (C=O) groups excluding carboxylic acids is 3. The van der Waals surface area contributed by atoms with Crippen LogP contribution in [-0.4, -0.2) is 52.5 Å². The third-order valence-corrected chi connectivity index (χ3v) is 6.29. The number of primary amides is 1. The lowest BCUT2D eigenvalue weighted by atomic mass is 9.73. The Morgan fingerprint density at radius 1 is 1.25 bits per heavy atom. The summed E-state index contributed by atoms with van der Waals surface area (Å²) in [4.78, 5) is 40.5. The van der Waals surface area contributed by atoms with Crippen LogP contribution in [0.5, 0.6) is 0 Å². The SMILES string of the molecule is Cc1nnc(N2CC(C(=O)N3CC(Cc4ccccc4)(C(N)=O)C3)CC2=O)s1. The molecule has 2 aliphatic rings. The van der Waals surface area contributed by atoms with Gasteiger partial charge in [-0.15, -0.1) is 10.2 Å². The molecule has 2 fully saturated rings. The van der Waals surface area contributed by atoms with E-state index in [1.807, 2.05) is 37.3 Å². The normalized spacial score (nSPS) is 20.9. The van der Waals surface area contributed by atoms with Crippen molar-refractivity contribution in [3.63, 3.8) is 0 Å². The zero-order valence-electron chi connectivity index (χ0n) is 15.5. The number of rotatable bonds is 5. The van der Waals surface area contributed by atoms with Gasteiger partial charge in [-0.3, -0.25) is 19.3 Å². The second-order valence-corrected chi connectivity index (χ2v) is 8.67. The van der Waals surface area contributed by atoms with Crippen molar-refractivity contribution in [3.05, 3.63) is 40.9 Å². The highest BCUT2D eigenvalue weighted by Crippen LogP contribution is 2.37. The number of nitrogens with zero attached hydrogens (tertiary/aromatic N) is 4. The summed E-state index contributed by atoms with van der Waals surface area (Å²) in [7, 11) is 0. The van der Waals surface area contributed by atoms with Crippen LogP contribution in [0.25, 0.3) is 0 Å². The van der Waals surface area contributed by atoms with E-state index in [-0.39, 0.29) is 18.2 Å². The van der Waals surface area contributed by atoms with Gasteiger partial charge >= 0.3 is 0 Å². The molecule has 2 N–H and O–H groups in total. The van der Waals surface area contributed by atoms with Gasteiger partial charge in [0.15, 0.2) is 0 Å². The largest absolute Gasteiger partial charge is 0.369 e. The number of likely N-dealkylation sites (tertiary alicyclic amines) is 1. The molecule has 9 heteroatoms. The number of hydrogen-bond donors (Lipinski definition) is 1. The Morgan fingerprint density at radius 3 is 2.57 bits per heavy atom. The maximum absolute atomic E-state index is 12.9. The van der Waals surface area contributed by atoms with Crippen molar-refractivity contribution in [2.45, 2.75) is 19.8 Å². The van der Waals surface area contributed by atoms with Gasteiger partial charge in [-0.05, 0) is 18.9 Å². The number of amides is 3. The zero-order valence-corrected chi connectivity index (χ0v) is 16.3. The Hall–Kier alpha value is -2.81. The van der Waals surface area contributed by atoms with Gasteiger partial charge in [0.2, 0.25) is 22.9 Å². The Morgan fingerprint density at radius 2 is 1.96 bits per heavy atom. The maximum atomic E-state index is 12.9. The molecule has 8 nitrogen and oxygen atoms in total. The minimum atomic E-state index is -0.740. The number of anilines is 1. The summed E-state index contributed by atoms with van der Waals surface area (Å²) in [5.74, 6) is -1.06. The molecule has 1 atom stereocenters. The first-order valence-corrected chi connectivity index (χ1v) is 9.93. The van der Waals surface area contributed by atoms with Crippen LogP contribution in [0.3, 0.4) is 0 Å². The highest BCUT2D eigenvalue weighted by atomic mass is 32.1. The van der Waals surface area contributed by atoms with E-state index in [1.54, 1.807) is 4.90 Å². The van der Waals surface area contributed by atoms with E-state index in [0.29, 0.717) is 31.2 Å². The van der Waals surface area contributed by atoms with Gasteiger partial charge < -0.3 is 10.6 Å². The molecule has 0 bridgehead atoms. The number of carbonyl (C=O) groups is 3. The van der Waals surface area contributed by atoms with Gasteiger partial charge in [-0.2, -0.15) is 0 Å². The minimum absolute atomic E-state index is 0.109. The van der Waals surface area contributed by atoms with E-state index in [1.165, 1.54) is 16.2 Å². The molecule has 2 aromatic rings. The highest BCUT2D eigenvalue weighted by Gasteiger charge is 2.52. The molecule has 3 heterocycles. The van der Waals surface area contributed by atoms with Crippen LogP contribution in [0, 0.1) is 18.3 Å². The Kier molecular flexibility index (Phi) is 4.62. The molecular weight excluding hydrogens is 378 g/mol. The fraction of sp³-hybridized carbons (Fsp3) is 0.421. The van der Waals surface area contributed by atoms with Crippen molar-refractivity contribution < 1.29 is 14.4 Å². The van der Waals surface area contributed by atoms with E-state index in [2.05, 4.69) is 10.2 Å². The van der Waals surface area contributed by atoms with Crippen LogP contribution in [0.1, 0.15) is 17.0 Å². The zero-order chi connectivity index (χ0) is 19.9. The fourth-order valence-electron chi connectivity index (χ4n) is 3.89. The molecule has 1 aromatic carbocycles. The third kappa shape index (κ3) is 3.26. The molecular formula is C19H21N5O3S. The maximum Gasteiger partial charge on any atom is 0.229 e. The molecule has 0 aliphatic carbocycles. The van der Waals surface area contributed by atoms with Gasteiger partial charge in [0.1, 0.15) is 5.01 Å². The third-order valence-electron chi connectivity index (χ3n) is 5.43. The standard InChI is InChI=1S/C19H21N5O3S/c1-12-21-22-18(28-12)24-9-14(7-15(24)25)16(26)23-10-19(11-23,17(20)27)8-13-5-3-2-4-6-13/h2-6,14H,7-11H2,1H3,(H2,20,27). The monoisotopic (exact) mass is 399 g/mol. The summed E-state index contributed by atoms with van der Waals surface area (Å²) >= 11 is 1.33. The molecule has 4 rings (SSSR count). The van der Waals surface area contributed by atoms with Gasteiger partial charge in [-0.25, -0.2) is 0 Å². The van der Waals surface area contributed by atoms with Crippen LogP contribution in [0.15, 0.2) is 30.3 Å². The molecule has 0 saturated carbocycles. The van der Waals surface area contributed by atoms with Crippen molar-refractivity contribution >= 4 is 34.2 Å². The topological polar surface area (TPSA) is 109 Å². The fourth-order valence-corrected chi connectivity index (χ4v) is 4.61. The average Bonchev–Trinajstić information content (AvgIpc) is 3.23. The highest BCUT2D eigenvalue weighted by molar-refractivity contribution is 7.15. The summed E-state index contributed by atoms with van der Waals surface area (Å²) in [6, 6.07) is 9.65. The second-order valence-electron chi connectivity index (χ2n) is 7.51. The molecule has 28 heavy (non-hydrogen) atoms. The lowest BCUT2D eigenvalue weighted by Gasteiger charge is -2.49. The van der Waals surface area contributed by atoms with Crippen molar-refractivity contribution in [1.82, 2.24) is 15.1 Å². The van der Waals surface area contributed by atoms with E-state index in [0.717, 1.165) is 10.6 Å². The van der Waals surface area contributed by atoms with E-state index in [9.17, 15) is 14.4 Å². The van der Waals surface area contributed by atoms with Crippen LogP contribution in [0.2, 0.25) is 0 Å². The first kappa shape index (κ1) is 18.5. The van der Waals surface area contributed by atoms with Crippen LogP contribution in [-0.2, 0) is 20.8 Å². The summed E-state index contributed by atoms with van der Waals surface area (Å²) in [5, 5.41) is 9.23. The minimum Gasteiger partial charge on any atom is -0.369 e. The Labute approximate surface area is 166 Å². The van der Waals surface area contributed by atoms with Crippen molar-refractivity contribution in [2.75, 3.05) is 24.5 Å². The molecule has 0 radical (unpaired) electrons. The van der Waals surface area contributed by atoms with Crippen LogP contribution in [0.4, 0.5) is 5.13 Å². The first-order chi connectivity index (χ1) is 13.4. The lowest BCUT2D eigenvalue weighted by molar-refractivity contribution is -0.154. The number of aromatic nitrogens is 2. The summed E-state index contributed by atoms with van der Waals surface area (Å²) < 4.78 is 0. The molecule has 3 amide bonds. The molecule has 146 valence electrons. The molecule has 2 aliphatic heterocycles. The van der Waals surface area contributed by atoms with Gasteiger partial charge in [-0.1, -0.05) is 41.7 Å². The quantitative estimate of drug-likeness (QED) is 0.798. The van der Waals surface area contributed by atoms with E-state index < -0.39 is 17.2 Å². The smallest absolute Gasteiger partial charge is 0.229 e. The Bertz CT molecular complexity index is 923. The number of hydrogen-bond acceptors (Lipinski definition) is 6. The Balaban J connectivity index is 1.41. The predicted molar refractivity (Wildman–Crippen MR) is 103 cm³/mol. The summed E-state index contributed by atoms with van der Waals surface area (Å²) in [6.45, 7) is 2.70. The van der Waals surface area contributed by atoms with Crippen molar-refractivity contribution in [3.8, 4) is 0 Å². The number of benzene rings is 1. The van der Waals surface area contributed by atoms with Gasteiger partial charge in [0, 0.05) is 26.1 Å². The summed E-state index contributed by atoms with van der Waals surface area (Å²) in [5.41, 5.74) is 5.94. The van der Waals surface area contributed by atoms with Crippen LogP contribution >= 0.6 is 11.3 Å². The van der Waals surface area contributed by atoms with Crippen molar-refractivity contribution in [1.29, 1.82) is 0 Å². The molecule has 0 spiro atoms. The molecule has 1 unspecified atom stereocenters. The first-order valence-electron chi connectivity index (χ1n) is 9.11. The van der Waals surface area contributed by atoms with E-state index >= 15 is 0 Å². The van der Waals surface area contributed by atoms with Gasteiger partial charge in [0.25, 0.3) is 0 Å². The lowest BCUT2D eigenvalue weighted by Crippen LogP contribution is -2.65. The van der Waals surface area contributed by atoms with Gasteiger partial charge in [0.05, 0.1) is 11.3 Å². The number of nitrogens with two attached hydrogens (primary N) is 1. The number of aryl methyl sites for hydroxylation is 1.